The highest BCUT2D eigenvalue weighted by molar-refractivity contribution is 8.03. The average Bonchev–Trinajstić information content (AvgIpc) is 3.04. The van der Waals surface area contributed by atoms with Gasteiger partial charge in [-0.2, -0.15) is 5.10 Å². The fraction of sp³-hybridized carbons (Fsp3) is 0.100. The van der Waals surface area contributed by atoms with Crippen molar-refractivity contribution >= 4 is 23.4 Å². The van der Waals surface area contributed by atoms with Crippen molar-refractivity contribution in [1.29, 1.82) is 0 Å². The quantitative estimate of drug-likeness (QED) is 0.623. The number of halogens is 2. The van der Waals surface area contributed by atoms with Gasteiger partial charge in [-0.05, 0) is 18.2 Å². The van der Waals surface area contributed by atoms with Crippen molar-refractivity contribution in [2.45, 2.75) is 5.75 Å². The zero-order valence-corrected chi connectivity index (χ0v) is 15.4. The molecule has 27 heavy (non-hydrogen) atoms. The number of benzene rings is 2. The largest absolute Gasteiger partial charge is 0.317 e. The zero-order valence-electron chi connectivity index (χ0n) is 14.6. The highest BCUT2D eigenvalue weighted by Gasteiger charge is 2.15. The average molecular weight is 385 g/mol. The fourth-order valence-electron chi connectivity index (χ4n) is 2.42. The summed E-state index contributed by atoms with van der Waals surface area (Å²) in [6.45, 7) is 3.70. The lowest BCUT2D eigenvalue weighted by Crippen LogP contribution is -2.14. The molecule has 0 unspecified atom stereocenters. The van der Waals surface area contributed by atoms with Crippen LogP contribution in [0.1, 0.15) is 5.69 Å². The Labute approximate surface area is 159 Å². The predicted molar refractivity (Wildman–Crippen MR) is 104 cm³/mol. The number of carbonyl (C=O) groups is 1. The van der Waals surface area contributed by atoms with Crippen molar-refractivity contribution in [2.24, 2.45) is 7.05 Å². The first-order valence-electron chi connectivity index (χ1n) is 8.11. The van der Waals surface area contributed by atoms with E-state index in [1.54, 1.807) is 4.68 Å². The molecule has 1 N–H and O–H groups in total. The Bertz CT molecular complexity index is 966. The molecular weight excluding hydrogens is 368 g/mol. The molecule has 0 bridgehead atoms. The lowest BCUT2D eigenvalue weighted by molar-refractivity contribution is -0.112. The van der Waals surface area contributed by atoms with Gasteiger partial charge in [0, 0.05) is 24.1 Å². The number of rotatable bonds is 6. The minimum atomic E-state index is -0.833. The maximum Gasteiger partial charge on any atom is 0.261 e. The first kappa shape index (κ1) is 18.8. The van der Waals surface area contributed by atoms with Crippen LogP contribution in [0.2, 0.25) is 0 Å². The van der Waals surface area contributed by atoms with Crippen molar-refractivity contribution < 1.29 is 13.6 Å². The van der Waals surface area contributed by atoms with Crippen LogP contribution in [0.3, 0.4) is 0 Å². The molecule has 1 aromatic heterocycles. The summed E-state index contributed by atoms with van der Waals surface area (Å²) in [6, 6.07) is 15.1. The molecule has 0 fully saturated rings. The van der Waals surface area contributed by atoms with E-state index in [4.69, 9.17) is 0 Å². The Morgan fingerprint density at radius 1 is 1.15 bits per heavy atom. The smallest absolute Gasteiger partial charge is 0.261 e. The van der Waals surface area contributed by atoms with E-state index in [0.717, 1.165) is 29.1 Å². The van der Waals surface area contributed by atoms with Crippen molar-refractivity contribution in [3.8, 4) is 11.3 Å². The first-order valence-corrected chi connectivity index (χ1v) is 9.09. The molecule has 0 aliphatic carbocycles. The van der Waals surface area contributed by atoms with E-state index in [9.17, 15) is 13.6 Å². The van der Waals surface area contributed by atoms with E-state index in [0.29, 0.717) is 5.75 Å². The number of thioether (sulfide) groups is 1. The minimum absolute atomic E-state index is 0.153. The van der Waals surface area contributed by atoms with E-state index in [1.807, 2.05) is 43.4 Å². The minimum Gasteiger partial charge on any atom is -0.317 e. The lowest BCUT2D eigenvalue weighted by atomic mass is 10.1. The molecule has 1 heterocycles. The van der Waals surface area contributed by atoms with Crippen molar-refractivity contribution in [3.05, 3.63) is 83.4 Å². The van der Waals surface area contributed by atoms with Gasteiger partial charge in [0.25, 0.3) is 5.91 Å². The van der Waals surface area contributed by atoms with Gasteiger partial charge in [-0.15, -0.1) is 11.8 Å². The van der Waals surface area contributed by atoms with Gasteiger partial charge in [0.1, 0.15) is 17.3 Å². The third-order valence-electron chi connectivity index (χ3n) is 3.90. The maximum atomic E-state index is 13.6. The van der Waals surface area contributed by atoms with Crippen LogP contribution < -0.4 is 5.32 Å². The Morgan fingerprint density at radius 3 is 2.48 bits per heavy atom. The Hall–Kier alpha value is -2.93. The van der Waals surface area contributed by atoms with Gasteiger partial charge in [-0.1, -0.05) is 43.0 Å². The SMILES string of the molecule is C=C(SCc1cc(-c2ccccc2)nn1C)C(=O)Nc1c(F)cccc1F. The zero-order chi connectivity index (χ0) is 19.4. The maximum absolute atomic E-state index is 13.6. The molecule has 0 saturated carbocycles. The third kappa shape index (κ3) is 4.43. The summed E-state index contributed by atoms with van der Waals surface area (Å²) >= 11 is 1.18. The Kier molecular flexibility index (Phi) is 5.71. The summed E-state index contributed by atoms with van der Waals surface area (Å²) in [4.78, 5) is 12.3. The first-order chi connectivity index (χ1) is 13.0. The van der Waals surface area contributed by atoms with Gasteiger partial charge < -0.3 is 5.32 Å². The highest BCUT2D eigenvalue weighted by Crippen LogP contribution is 2.26. The summed E-state index contributed by atoms with van der Waals surface area (Å²) in [6.07, 6.45) is 0. The van der Waals surface area contributed by atoms with Gasteiger partial charge in [0.15, 0.2) is 0 Å². The number of amides is 1. The van der Waals surface area contributed by atoms with Crippen LogP contribution in [0.5, 0.6) is 0 Å². The van der Waals surface area contributed by atoms with E-state index < -0.39 is 23.2 Å². The van der Waals surface area contributed by atoms with Crippen LogP contribution in [0.25, 0.3) is 11.3 Å². The van der Waals surface area contributed by atoms with Crippen molar-refractivity contribution in [3.63, 3.8) is 0 Å². The molecule has 4 nitrogen and oxygen atoms in total. The fourth-order valence-corrected chi connectivity index (χ4v) is 3.19. The molecule has 7 heteroatoms. The summed E-state index contributed by atoms with van der Waals surface area (Å²) in [7, 11) is 1.82. The normalized spacial score (nSPS) is 10.6. The molecule has 2 aromatic carbocycles. The number of aromatic nitrogens is 2. The monoisotopic (exact) mass is 385 g/mol. The molecule has 0 saturated heterocycles. The lowest BCUT2D eigenvalue weighted by Gasteiger charge is -2.09. The molecule has 3 rings (SSSR count). The van der Waals surface area contributed by atoms with Crippen LogP contribution in [0.4, 0.5) is 14.5 Å². The van der Waals surface area contributed by atoms with Crippen LogP contribution >= 0.6 is 11.8 Å². The van der Waals surface area contributed by atoms with E-state index in [2.05, 4.69) is 17.0 Å². The number of aryl methyl sites for hydroxylation is 1. The number of para-hydroxylation sites is 1. The van der Waals surface area contributed by atoms with Crippen LogP contribution in [-0.2, 0) is 17.6 Å². The summed E-state index contributed by atoms with van der Waals surface area (Å²) in [5.41, 5.74) is 2.24. The molecule has 0 radical (unpaired) electrons. The van der Waals surface area contributed by atoms with Gasteiger partial charge in [0.2, 0.25) is 0 Å². The molecule has 0 spiro atoms. The van der Waals surface area contributed by atoms with Crippen molar-refractivity contribution in [2.75, 3.05) is 5.32 Å². The molecule has 138 valence electrons. The highest BCUT2D eigenvalue weighted by atomic mass is 32.2. The third-order valence-corrected chi connectivity index (χ3v) is 4.87. The second-order valence-electron chi connectivity index (χ2n) is 5.77. The molecule has 3 aromatic rings. The number of nitrogens with one attached hydrogen (secondary N) is 1. The number of carbonyl (C=O) groups excluding carboxylic acids is 1. The number of nitrogens with zero attached hydrogens (tertiary/aromatic N) is 2. The van der Waals surface area contributed by atoms with Crippen LogP contribution in [-0.4, -0.2) is 15.7 Å². The summed E-state index contributed by atoms with van der Waals surface area (Å²) in [5, 5.41) is 6.70. The van der Waals surface area contributed by atoms with E-state index in [-0.39, 0.29) is 4.91 Å². The molecule has 0 aliphatic heterocycles. The molecule has 1 amide bonds. The van der Waals surface area contributed by atoms with Gasteiger partial charge in [0.05, 0.1) is 10.6 Å². The van der Waals surface area contributed by atoms with E-state index >= 15 is 0 Å². The predicted octanol–water partition coefficient (Wildman–Crippen LogP) is 4.75. The van der Waals surface area contributed by atoms with Gasteiger partial charge in [-0.3, -0.25) is 9.48 Å². The summed E-state index contributed by atoms with van der Waals surface area (Å²) < 4.78 is 29.0. The second kappa shape index (κ2) is 8.18. The van der Waals surface area contributed by atoms with Crippen molar-refractivity contribution in [1.82, 2.24) is 9.78 Å². The van der Waals surface area contributed by atoms with Crippen LogP contribution in [0.15, 0.2) is 66.1 Å². The molecule has 0 atom stereocenters. The van der Waals surface area contributed by atoms with Gasteiger partial charge in [-0.25, -0.2) is 8.78 Å². The number of anilines is 1. The van der Waals surface area contributed by atoms with Crippen LogP contribution in [0, 0.1) is 11.6 Å². The second-order valence-corrected chi connectivity index (χ2v) is 6.84. The van der Waals surface area contributed by atoms with Gasteiger partial charge >= 0.3 is 0 Å². The van der Waals surface area contributed by atoms with E-state index in [1.165, 1.54) is 17.8 Å². The number of hydrogen-bond donors (Lipinski definition) is 1. The Morgan fingerprint density at radius 2 is 1.81 bits per heavy atom. The standard InChI is InChI=1S/C20H17F2N3OS/c1-13(20(26)23-19-16(21)9-6-10-17(19)22)27-12-15-11-18(24-25(15)2)14-7-4-3-5-8-14/h3-11H,1,12H2,2H3,(H,23,26). The molecular formula is C20H17F2N3OS. The summed E-state index contributed by atoms with van der Waals surface area (Å²) in [5.74, 6) is -1.86. The molecule has 0 aliphatic rings. The topological polar surface area (TPSA) is 46.9 Å². The Balaban J connectivity index is 1.64. The number of hydrogen-bond acceptors (Lipinski definition) is 3.